The SMILES string of the molecule is Clc1cc(Nc2c(Cl)ccc3nsnc23)ccn1. The van der Waals surface area contributed by atoms with Gasteiger partial charge in [0, 0.05) is 11.9 Å². The van der Waals surface area contributed by atoms with E-state index in [1.807, 2.05) is 6.07 Å². The number of pyridine rings is 1. The normalized spacial score (nSPS) is 10.8. The second-order valence-corrected chi connectivity index (χ2v) is 4.87. The number of nitrogens with one attached hydrogen (secondary N) is 1. The molecular formula is C11H6Cl2N4S. The Morgan fingerprint density at radius 3 is 2.83 bits per heavy atom. The first-order valence-corrected chi connectivity index (χ1v) is 6.52. The first kappa shape index (κ1) is 11.6. The van der Waals surface area contributed by atoms with E-state index >= 15 is 0 Å². The summed E-state index contributed by atoms with van der Waals surface area (Å²) in [5.74, 6) is 0. The molecule has 3 rings (SSSR count). The van der Waals surface area contributed by atoms with E-state index in [0.29, 0.717) is 10.2 Å². The Morgan fingerprint density at radius 2 is 2.00 bits per heavy atom. The van der Waals surface area contributed by atoms with Crippen LogP contribution in [0.2, 0.25) is 10.2 Å². The molecule has 0 bridgehead atoms. The van der Waals surface area contributed by atoms with E-state index in [2.05, 4.69) is 19.0 Å². The van der Waals surface area contributed by atoms with Crippen molar-refractivity contribution in [3.63, 3.8) is 0 Å². The van der Waals surface area contributed by atoms with Gasteiger partial charge in [-0.05, 0) is 24.3 Å². The number of rotatable bonds is 2. The number of fused-ring (bicyclic) bond motifs is 1. The topological polar surface area (TPSA) is 50.7 Å². The molecule has 0 aliphatic rings. The third-order valence-electron chi connectivity index (χ3n) is 2.37. The molecule has 0 aliphatic heterocycles. The average Bonchev–Trinajstić information content (AvgIpc) is 2.81. The van der Waals surface area contributed by atoms with Gasteiger partial charge in [0.1, 0.15) is 16.2 Å². The molecule has 0 unspecified atom stereocenters. The lowest BCUT2D eigenvalue weighted by Crippen LogP contribution is -1.93. The van der Waals surface area contributed by atoms with E-state index in [4.69, 9.17) is 23.2 Å². The van der Waals surface area contributed by atoms with Gasteiger partial charge in [-0.25, -0.2) is 4.98 Å². The number of halogens is 2. The van der Waals surface area contributed by atoms with Gasteiger partial charge in [-0.15, -0.1) is 0 Å². The zero-order valence-electron chi connectivity index (χ0n) is 8.89. The summed E-state index contributed by atoms with van der Waals surface area (Å²) in [6, 6.07) is 7.15. The van der Waals surface area contributed by atoms with Crippen LogP contribution in [0.15, 0.2) is 30.5 Å². The summed E-state index contributed by atoms with van der Waals surface area (Å²) in [4.78, 5) is 3.92. The van der Waals surface area contributed by atoms with E-state index < -0.39 is 0 Å². The monoisotopic (exact) mass is 296 g/mol. The first-order valence-electron chi connectivity index (χ1n) is 5.03. The Kier molecular flexibility index (Phi) is 3.03. The molecule has 0 saturated heterocycles. The molecule has 0 atom stereocenters. The minimum Gasteiger partial charge on any atom is -0.352 e. The zero-order chi connectivity index (χ0) is 12.5. The molecule has 90 valence electrons. The highest BCUT2D eigenvalue weighted by Gasteiger charge is 2.10. The van der Waals surface area contributed by atoms with Gasteiger partial charge >= 0.3 is 0 Å². The van der Waals surface area contributed by atoms with Crippen molar-refractivity contribution in [1.29, 1.82) is 0 Å². The van der Waals surface area contributed by atoms with Crippen LogP contribution in [-0.2, 0) is 0 Å². The van der Waals surface area contributed by atoms with Crippen molar-refractivity contribution in [2.24, 2.45) is 0 Å². The van der Waals surface area contributed by atoms with Crippen molar-refractivity contribution in [3.05, 3.63) is 40.6 Å². The molecule has 0 radical (unpaired) electrons. The third-order valence-corrected chi connectivity index (χ3v) is 3.44. The Morgan fingerprint density at radius 1 is 1.11 bits per heavy atom. The Hall–Kier alpha value is -1.43. The maximum absolute atomic E-state index is 6.18. The molecule has 0 aliphatic carbocycles. The van der Waals surface area contributed by atoms with E-state index in [1.54, 1.807) is 24.4 Å². The van der Waals surface area contributed by atoms with Crippen LogP contribution in [0.5, 0.6) is 0 Å². The van der Waals surface area contributed by atoms with Gasteiger partial charge in [-0.2, -0.15) is 8.75 Å². The quantitative estimate of drug-likeness (QED) is 0.722. The summed E-state index contributed by atoms with van der Waals surface area (Å²) in [7, 11) is 0. The number of hydrogen-bond acceptors (Lipinski definition) is 5. The molecule has 1 aromatic carbocycles. The first-order chi connectivity index (χ1) is 8.74. The molecule has 7 heteroatoms. The summed E-state index contributed by atoms with van der Waals surface area (Å²) in [6.07, 6.45) is 1.62. The number of benzene rings is 1. The molecule has 2 heterocycles. The molecule has 18 heavy (non-hydrogen) atoms. The molecule has 0 saturated carbocycles. The highest BCUT2D eigenvalue weighted by atomic mass is 35.5. The lowest BCUT2D eigenvalue weighted by Gasteiger charge is -2.08. The Balaban J connectivity index is 2.09. The van der Waals surface area contributed by atoms with Crippen molar-refractivity contribution in [2.45, 2.75) is 0 Å². The largest absolute Gasteiger partial charge is 0.352 e. The number of hydrogen-bond donors (Lipinski definition) is 1. The van der Waals surface area contributed by atoms with Crippen LogP contribution in [0.4, 0.5) is 11.4 Å². The van der Waals surface area contributed by atoms with E-state index in [-0.39, 0.29) is 0 Å². The molecule has 2 aromatic heterocycles. The van der Waals surface area contributed by atoms with Crippen LogP contribution in [-0.4, -0.2) is 13.7 Å². The highest BCUT2D eigenvalue weighted by Crippen LogP contribution is 2.32. The standard InChI is InChI=1S/C11H6Cl2N4S/c12-7-1-2-8-11(17-18-16-8)10(7)15-6-3-4-14-9(13)5-6/h1-5H,(H,14,15). The number of aromatic nitrogens is 3. The van der Waals surface area contributed by atoms with Crippen molar-refractivity contribution in [1.82, 2.24) is 13.7 Å². The van der Waals surface area contributed by atoms with Crippen LogP contribution in [0.1, 0.15) is 0 Å². The van der Waals surface area contributed by atoms with Crippen molar-refractivity contribution in [2.75, 3.05) is 5.32 Å². The maximum Gasteiger partial charge on any atom is 0.131 e. The highest BCUT2D eigenvalue weighted by molar-refractivity contribution is 7.00. The van der Waals surface area contributed by atoms with E-state index in [9.17, 15) is 0 Å². The summed E-state index contributed by atoms with van der Waals surface area (Å²) < 4.78 is 8.41. The van der Waals surface area contributed by atoms with Crippen molar-refractivity contribution >= 4 is 57.3 Å². The smallest absolute Gasteiger partial charge is 0.131 e. The Bertz CT molecular complexity index is 713. The van der Waals surface area contributed by atoms with Crippen LogP contribution in [0, 0.1) is 0 Å². The Labute approximate surface area is 117 Å². The minimum absolute atomic E-state index is 0.416. The van der Waals surface area contributed by atoms with Gasteiger partial charge in [0.2, 0.25) is 0 Å². The lowest BCUT2D eigenvalue weighted by atomic mass is 10.2. The van der Waals surface area contributed by atoms with Gasteiger partial charge in [-0.1, -0.05) is 23.2 Å². The van der Waals surface area contributed by atoms with Gasteiger partial charge in [-0.3, -0.25) is 0 Å². The van der Waals surface area contributed by atoms with Gasteiger partial charge < -0.3 is 5.32 Å². The average molecular weight is 297 g/mol. The zero-order valence-corrected chi connectivity index (χ0v) is 11.2. The van der Waals surface area contributed by atoms with Crippen LogP contribution < -0.4 is 5.32 Å². The lowest BCUT2D eigenvalue weighted by molar-refractivity contribution is 1.32. The van der Waals surface area contributed by atoms with Gasteiger partial charge in [0.15, 0.2) is 0 Å². The van der Waals surface area contributed by atoms with Crippen molar-refractivity contribution in [3.8, 4) is 0 Å². The molecule has 0 spiro atoms. The fraction of sp³-hybridized carbons (Fsp3) is 0. The summed E-state index contributed by atoms with van der Waals surface area (Å²) in [6.45, 7) is 0. The van der Waals surface area contributed by atoms with Gasteiger partial charge in [0.05, 0.1) is 22.4 Å². The molecule has 1 N–H and O–H groups in total. The molecule has 3 aromatic rings. The van der Waals surface area contributed by atoms with Crippen LogP contribution in [0.25, 0.3) is 11.0 Å². The molecule has 4 nitrogen and oxygen atoms in total. The maximum atomic E-state index is 6.18. The summed E-state index contributed by atoms with van der Waals surface area (Å²) in [5, 5.41) is 4.19. The van der Waals surface area contributed by atoms with E-state index in [1.165, 1.54) is 0 Å². The summed E-state index contributed by atoms with van der Waals surface area (Å²) in [5.41, 5.74) is 3.09. The predicted octanol–water partition coefficient (Wildman–Crippen LogP) is 4.14. The number of anilines is 2. The second kappa shape index (κ2) is 4.68. The molecule has 0 fully saturated rings. The minimum atomic E-state index is 0.416. The predicted molar refractivity (Wildman–Crippen MR) is 75.0 cm³/mol. The van der Waals surface area contributed by atoms with E-state index in [0.717, 1.165) is 34.1 Å². The fourth-order valence-electron chi connectivity index (χ4n) is 1.57. The van der Waals surface area contributed by atoms with Crippen LogP contribution >= 0.6 is 34.9 Å². The third kappa shape index (κ3) is 2.12. The molecule has 0 amide bonds. The fourth-order valence-corrected chi connectivity index (χ4v) is 2.49. The number of nitrogens with zero attached hydrogens (tertiary/aromatic N) is 3. The van der Waals surface area contributed by atoms with Crippen LogP contribution in [0.3, 0.4) is 0 Å². The second-order valence-electron chi connectivity index (χ2n) is 3.55. The molecular weight excluding hydrogens is 291 g/mol. The summed E-state index contributed by atoms with van der Waals surface area (Å²) >= 11 is 13.2. The van der Waals surface area contributed by atoms with Gasteiger partial charge in [0.25, 0.3) is 0 Å². The van der Waals surface area contributed by atoms with Crippen molar-refractivity contribution < 1.29 is 0 Å².